The number of hydrogen-bond acceptors (Lipinski definition) is 3. The zero-order chi connectivity index (χ0) is 25.8. The van der Waals surface area contributed by atoms with Crippen molar-refractivity contribution in [1.82, 2.24) is 4.90 Å². The fourth-order valence-corrected chi connectivity index (χ4v) is 8.32. The first-order chi connectivity index (χ1) is 17.8. The lowest BCUT2D eigenvalue weighted by atomic mass is 9.72. The van der Waals surface area contributed by atoms with Crippen molar-refractivity contribution in [2.75, 3.05) is 31.1 Å². The van der Waals surface area contributed by atoms with Crippen LogP contribution < -0.4 is 4.90 Å². The minimum absolute atomic E-state index is 0.209. The van der Waals surface area contributed by atoms with E-state index in [4.69, 9.17) is 27.9 Å². The molecular weight excluding hydrogens is 503 g/mol. The number of ether oxygens (including phenoxy) is 1. The maximum absolute atomic E-state index is 14.2. The van der Waals surface area contributed by atoms with E-state index < -0.39 is 5.41 Å². The Labute approximate surface area is 233 Å². The number of rotatable bonds is 5. The van der Waals surface area contributed by atoms with Gasteiger partial charge in [-0.15, -0.1) is 0 Å². The molecule has 2 saturated carbocycles. The average Bonchev–Trinajstić information content (AvgIpc) is 3.68. The Bertz CT molecular complexity index is 1010. The molecular formula is C31H44Cl2N2O2. The Morgan fingerprint density at radius 3 is 2.32 bits per heavy atom. The van der Waals surface area contributed by atoms with Gasteiger partial charge >= 0.3 is 0 Å². The molecule has 2 spiro atoms. The second kappa shape index (κ2) is 10.3. The standard InChI is InChI=1S/C31H44Cl2N2O2/c1-21(2)23-3-5-24(6-4-23)34-16-13-31(14-17-34)25-19-26(32)27(33)20-28(25)35(29(31)36)15-8-22-7-10-30(11-12-30)37-18-9-22/h19-24H,3-18H2,1-2H3. The summed E-state index contributed by atoms with van der Waals surface area (Å²) in [5.74, 6) is 2.58. The van der Waals surface area contributed by atoms with Gasteiger partial charge in [-0.25, -0.2) is 0 Å². The number of amides is 1. The van der Waals surface area contributed by atoms with Crippen LogP contribution in [0.15, 0.2) is 12.1 Å². The van der Waals surface area contributed by atoms with Gasteiger partial charge in [-0.3, -0.25) is 4.79 Å². The van der Waals surface area contributed by atoms with Gasteiger partial charge in [0.1, 0.15) is 0 Å². The highest BCUT2D eigenvalue weighted by atomic mass is 35.5. The lowest BCUT2D eigenvalue weighted by Gasteiger charge is -2.44. The van der Waals surface area contributed by atoms with E-state index in [-0.39, 0.29) is 11.5 Å². The van der Waals surface area contributed by atoms with Crippen molar-refractivity contribution in [2.45, 2.75) is 108 Å². The maximum Gasteiger partial charge on any atom is 0.237 e. The van der Waals surface area contributed by atoms with E-state index in [0.717, 1.165) is 75.0 Å². The zero-order valence-electron chi connectivity index (χ0n) is 22.7. The van der Waals surface area contributed by atoms with Crippen LogP contribution in [-0.4, -0.2) is 48.7 Å². The van der Waals surface area contributed by atoms with E-state index in [9.17, 15) is 4.79 Å². The van der Waals surface area contributed by atoms with Gasteiger partial charge in [0.15, 0.2) is 0 Å². The number of halogens is 2. The maximum atomic E-state index is 14.2. The molecule has 1 amide bonds. The van der Waals surface area contributed by atoms with Crippen LogP contribution in [0.1, 0.15) is 96.5 Å². The van der Waals surface area contributed by atoms with Crippen LogP contribution in [0.5, 0.6) is 0 Å². The average molecular weight is 548 g/mol. The first-order valence-corrected chi connectivity index (χ1v) is 15.8. The molecule has 0 radical (unpaired) electrons. The topological polar surface area (TPSA) is 32.8 Å². The Balaban J connectivity index is 1.15. The molecule has 1 unspecified atom stereocenters. The Morgan fingerprint density at radius 1 is 0.946 bits per heavy atom. The molecule has 204 valence electrons. The predicted molar refractivity (Wildman–Crippen MR) is 152 cm³/mol. The number of benzene rings is 1. The summed E-state index contributed by atoms with van der Waals surface area (Å²) in [6.45, 7) is 8.38. The van der Waals surface area contributed by atoms with Crippen molar-refractivity contribution in [3.05, 3.63) is 27.7 Å². The highest BCUT2D eigenvalue weighted by Gasteiger charge is 2.53. The van der Waals surface area contributed by atoms with E-state index in [1.165, 1.54) is 51.4 Å². The normalized spacial score (nSPS) is 31.2. The summed E-state index contributed by atoms with van der Waals surface area (Å²) in [6.07, 6.45) is 14.1. The minimum Gasteiger partial charge on any atom is -0.375 e. The third-order valence-corrected chi connectivity index (χ3v) is 11.6. The van der Waals surface area contributed by atoms with Crippen LogP contribution in [0.25, 0.3) is 0 Å². The number of carbonyl (C=O) groups excluding carboxylic acids is 1. The van der Waals surface area contributed by atoms with Gasteiger partial charge in [-0.2, -0.15) is 0 Å². The summed E-state index contributed by atoms with van der Waals surface area (Å²) < 4.78 is 6.16. The molecule has 3 heterocycles. The molecule has 2 saturated heterocycles. The molecule has 37 heavy (non-hydrogen) atoms. The number of piperidine rings is 1. The highest BCUT2D eigenvalue weighted by Crippen LogP contribution is 2.51. The lowest BCUT2D eigenvalue weighted by molar-refractivity contribution is -0.125. The van der Waals surface area contributed by atoms with E-state index >= 15 is 0 Å². The molecule has 1 aromatic rings. The van der Waals surface area contributed by atoms with Crippen molar-refractivity contribution >= 4 is 34.8 Å². The molecule has 0 aromatic heterocycles. The smallest absolute Gasteiger partial charge is 0.237 e. The van der Waals surface area contributed by atoms with Crippen LogP contribution in [-0.2, 0) is 14.9 Å². The monoisotopic (exact) mass is 546 g/mol. The van der Waals surface area contributed by atoms with Crippen LogP contribution in [0, 0.1) is 17.8 Å². The molecule has 4 nitrogen and oxygen atoms in total. The predicted octanol–water partition coefficient (Wildman–Crippen LogP) is 7.63. The van der Waals surface area contributed by atoms with Gasteiger partial charge in [-0.05, 0) is 126 Å². The number of fused-ring (bicyclic) bond motifs is 2. The first-order valence-electron chi connectivity index (χ1n) is 15.0. The van der Waals surface area contributed by atoms with Gasteiger partial charge in [0, 0.05) is 24.9 Å². The number of carbonyl (C=O) groups is 1. The SMILES string of the molecule is CC(C)C1CCC(N2CCC3(CC2)C(=O)N(CCC2CCOC4(CC2)CC4)c2cc(Cl)c(Cl)cc23)CC1. The van der Waals surface area contributed by atoms with Crippen LogP contribution >= 0.6 is 23.2 Å². The number of nitrogens with zero attached hydrogens (tertiary/aromatic N) is 2. The molecule has 6 heteroatoms. The summed E-state index contributed by atoms with van der Waals surface area (Å²) in [7, 11) is 0. The van der Waals surface area contributed by atoms with Crippen LogP contribution in [0.3, 0.4) is 0 Å². The highest BCUT2D eigenvalue weighted by molar-refractivity contribution is 6.42. The Hall–Kier alpha value is -0.810. The molecule has 0 N–H and O–H groups in total. The number of anilines is 1. The molecule has 6 rings (SSSR count). The first kappa shape index (κ1) is 26.4. The van der Waals surface area contributed by atoms with Crippen LogP contribution in [0.4, 0.5) is 5.69 Å². The van der Waals surface area contributed by atoms with E-state index in [0.29, 0.717) is 22.0 Å². The van der Waals surface area contributed by atoms with Crippen molar-refractivity contribution < 1.29 is 9.53 Å². The van der Waals surface area contributed by atoms with E-state index in [1.54, 1.807) is 0 Å². The van der Waals surface area contributed by atoms with Crippen molar-refractivity contribution in [3.63, 3.8) is 0 Å². The van der Waals surface area contributed by atoms with Gasteiger partial charge in [0.2, 0.25) is 5.91 Å². The Kier molecular flexibility index (Phi) is 7.35. The van der Waals surface area contributed by atoms with Crippen molar-refractivity contribution in [3.8, 4) is 0 Å². The molecule has 1 atom stereocenters. The summed E-state index contributed by atoms with van der Waals surface area (Å²) in [5, 5.41) is 1.12. The molecule has 3 aliphatic heterocycles. The fourth-order valence-electron chi connectivity index (χ4n) is 8.00. The number of likely N-dealkylation sites (tertiary alicyclic amines) is 1. The largest absolute Gasteiger partial charge is 0.375 e. The summed E-state index contributed by atoms with van der Waals surface area (Å²) in [5.41, 5.74) is 1.89. The Morgan fingerprint density at radius 2 is 1.65 bits per heavy atom. The summed E-state index contributed by atoms with van der Waals surface area (Å²) in [4.78, 5) is 19.0. The van der Waals surface area contributed by atoms with Gasteiger partial charge in [0.05, 0.1) is 21.1 Å². The van der Waals surface area contributed by atoms with E-state index in [1.807, 2.05) is 12.1 Å². The lowest BCUT2D eigenvalue weighted by Crippen LogP contribution is -2.52. The third-order valence-electron chi connectivity index (χ3n) is 10.9. The quantitative estimate of drug-likeness (QED) is 0.380. The van der Waals surface area contributed by atoms with Gasteiger partial charge in [0.25, 0.3) is 0 Å². The van der Waals surface area contributed by atoms with E-state index in [2.05, 4.69) is 23.6 Å². The molecule has 4 fully saturated rings. The van der Waals surface area contributed by atoms with Gasteiger partial charge < -0.3 is 14.5 Å². The zero-order valence-corrected chi connectivity index (χ0v) is 24.3. The minimum atomic E-state index is -0.445. The fraction of sp³-hybridized carbons (Fsp3) is 0.774. The second-order valence-electron chi connectivity index (χ2n) is 13.2. The van der Waals surface area contributed by atoms with Crippen LogP contribution in [0.2, 0.25) is 10.0 Å². The van der Waals surface area contributed by atoms with Gasteiger partial charge in [-0.1, -0.05) is 37.0 Å². The van der Waals surface area contributed by atoms with Crippen molar-refractivity contribution in [2.24, 2.45) is 17.8 Å². The molecule has 5 aliphatic rings. The molecule has 0 bridgehead atoms. The number of hydrogen-bond donors (Lipinski definition) is 0. The van der Waals surface area contributed by atoms with Crippen molar-refractivity contribution in [1.29, 1.82) is 0 Å². The summed E-state index contributed by atoms with van der Waals surface area (Å²) >= 11 is 13.0. The second-order valence-corrected chi connectivity index (χ2v) is 14.0. The summed E-state index contributed by atoms with van der Waals surface area (Å²) in [6, 6.07) is 4.65. The molecule has 2 aliphatic carbocycles. The third kappa shape index (κ3) is 4.98. The molecule has 1 aromatic carbocycles.